The van der Waals surface area contributed by atoms with Crippen molar-refractivity contribution in [2.75, 3.05) is 18.4 Å². The zero-order valence-electron chi connectivity index (χ0n) is 15.1. The molecular formula is C18H22ClN5O2. The Labute approximate surface area is 157 Å². The lowest BCUT2D eigenvalue weighted by Gasteiger charge is -2.31. The van der Waals surface area contributed by atoms with E-state index in [2.05, 4.69) is 15.4 Å². The quantitative estimate of drug-likeness (QED) is 0.894. The number of carbonyl (C=O) groups is 2. The number of hydrogen-bond donors (Lipinski definition) is 1. The summed E-state index contributed by atoms with van der Waals surface area (Å²) in [6, 6.07) is 3.72. The number of halogens is 1. The van der Waals surface area contributed by atoms with Gasteiger partial charge in [-0.25, -0.2) is 4.98 Å². The van der Waals surface area contributed by atoms with Crippen molar-refractivity contribution in [2.45, 2.75) is 26.7 Å². The summed E-state index contributed by atoms with van der Waals surface area (Å²) in [6.45, 7) is 4.76. The summed E-state index contributed by atoms with van der Waals surface area (Å²) in [6.07, 6.45) is 2.90. The summed E-state index contributed by atoms with van der Waals surface area (Å²) in [5.41, 5.74) is 2.10. The van der Waals surface area contributed by atoms with Gasteiger partial charge in [0.05, 0.1) is 11.3 Å². The molecule has 1 fully saturated rings. The Morgan fingerprint density at radius 2 is 1.96 bits per heavy atom. The van der Waals surface area contributed by atoms with Crippen LogP contribution in [0.3, 0.4) is 0 Å². The molecule has 1 N–H and O–H groups in total. The highest BCUT2D eigenvalue weighted by atomic mass is 35.5. The minimum absolute atomic E-state index is 0.0502. The molecule has 2 aromatic heterocycles. The van der Waals surface area contributed by atoms with Crippen LogP contribution in [0, 0.1) is 19.8 Å². The van der Waals surface area contributed by atoms with Crippen LogP contribution in [0.1, 0.15) is 34.5 Å². The Morgan fingerprint density at radius 1 is 1.27 bits per heavy atom. The molecular weight excluding hydrogens is 354 g/mol. The van der Waals surface area contributed by atoms with Crippen LogP contribution in [-0.4, -0.2) is 44.6 Å². The number of aryl methyl sites for hydroxylation is 3. The molecule has 8 heteroatoms. The standard InChI is InChI=1S/C18H22ClN5O2/c1-11-4-7-20-14(10-11)21-17(25)13-5-8-24(9-6-13)18(26)15-12(2)22-23(3)16(15)19/h4,7,10,13H,5-6,8-9H2,1-3H3,(H,20,21,25). The van der Waals surface area contributed by atoms with E-state index in [1.54, 1.807) is 25.1 Å². The highest BCUT2D eigenvalue weighted by Crippen LogP contribution is 2.25. The molecule has 26 heavy (non-hydrogen) atoms. The van der Waals surface area contributed by atoms with Crippen LogP contribution in [0.2, 0.25) is 5.15 Å². The number of amides is 2. The summed E-state index contributed by atoms with van der Waals surface area (Å²) in [5, 5.41) is 7.40. The van der Waals surface area contributed by atoms with Crippen LogP contribution in [0.15, 0.2) is 18.3 Å². The number of aromatic nitrogens is 3. The van der Waals surface area contributed by atoms with E-state index in [1.165, 1.54) is 4.68 Å². The van der Waals surface area contributed by atoms with Crippen LogP contribution in [0.4, 0.5) is 5.82 Å². The van der Waals surface area contributed by atoms with E-state index in [0.29, 0.717) is 48.2 Å². The summed E-state index contributed by atoms with van der Waals surface area (Å²) in [5.74, 6) is 0.253. The number of hydrogen-bond acceptors (Lipinski definition) is 4. The smallest absolute Gasteiger partial charge is 0.258 e. The van der Waals surface area contributed by atoms with Crippen molar-refractivity contribution in [2.24, 2.45) is 13.0 Å². The predicted octanol–water partition coefficient (Wildman–Crippen LogP) is 2.58. The Bertz CT molecular complexity index is 840. The molecule has 1 aliphatic rings. The first kappa shape index (κ1) is 18.4. The lowest BCUT2D eigenvalue weighted by molar-refractivity contribution is -0.121. The number of carbonyl (C=O) groups excluding carboxylic acids is 2. The van der Waals surface area contributed by atoms with Gasteiger partial charge in [-0.2, -0.15) is 5.10 Å². The number of nitrogens with one attached hydrogen (secondary N) is 1. The molecule has 0 saturated carbocycles. The molecule has 3 heterocycles. The van der Waals surface area contributed by atoms with E-state index in [1.807, 2.05) is 19.1 Å². The molecule has 2 aromatic rings. The van der Waals surface area contributed by atoms with Crippen LogP contribution in [0.5, 0.6) is 0 Å². The van der Waals surface area contributed by atoms with Gasteiger partial charge in [0.2, 0.25) is 5.91 Å². The van der Waals surface area contributed by atoms with Gasteiger partial charge in [0.15, 0.2) is 0 Å². The van der Waals surface area contributed by atoms with E-state index in [0.717, 1.165) is 5.56 Å². The molecule has 7 nitrogen and oxygen atoms in total. The lowest BCUT2D eigenvalue weighted by atomic mass is 9.95. The van der Waals surface area contributed by atoms with E-state index in [-0.39, 0.29) is 17.7 Å². The Kier molecular flexibility index (Phi) is 5.27. The van der Waals surface area contributed by atoms with Crippen molar-refractivity contribution in [3.05, 3.63) is 40.3 Å². The first-order valence-corrected chi connectivity index (χ1v) is 8.96. The summed E-state index contributed by atoms with van der Waals surface area (Å²) >= 11 is 6.19. The first-order valence-electron chi connectivity index (χ1n) is 8.58. The topological polar surface area (TPSA) is 80.1 Å². The number of nitrogens with zero attached hydrogens (tertiary/aromatic N) is 4. The molecule has 0 bridgehead atoms. The SMILES string of the molecule is Cc1ccnc(NC(=O)C2CCN(C(=O)c3c(C)nn(C)c3Cl)CC2)c1. The van der Waals surface area contributed by atoms with E-state index < -0.39 is 0 Å². The summed E-state index contributed by atoms with van der Waals surface area (Å²) in [4.78, 5) is 31.1. The van der Waals surface area contributed by atoms with Gasteiger partial charge >= 0.3 is 0 Å². The number of piperidine rings is 1. The monoisotopic (exact) mass is 375 g/mol. The maximum atomic E-state index is 12.7. The summed E-state index contributed by atoms with van der Waals surface area (Å²) < 4.78 is 1.50. The molecule has 138 valence electrons. The van der Waals surface area contributed by atoms with Gasteiger partial charge in [-0.1, -0.05) is 11.6 Å². The van der Waals surface area contributed by atoms with Gasteiger partial charge in [-0.15, -0.1) is 0 Å². The normalized spacial score (nSPS) is 15.2. The average Bonchev–Trinajstić information content (AvgIpc) is 2.86. The molecule has 0 unspecified atom stereocenters. The molecule has 0 spiro atoms. The zero-order chi connectivity index (χ0) is 18.8. The minimum atomic E-state index is -0.133. The van der Waals surface area contributed by atoms with Crippen molar-refractivity contribution in [1.29, 1.82) is 0 Å². The lowest BCUT2D eigenvalue weighted by Crippen LogP contribution is -2.41. The number of rotatable bonds is 3. The largest absolute Gasteiger partial charge is 0.338 e. The fourth-order valence-electron chi connectivity index (χ4n) is 3.21. The third-order valence-electron chi connectivity index (χ3n) is 4.69. The third-order valence-corrected chi connectivity index (χ3v) is 5.12. The van der Waals surface area contributed by atoms with Crippen LogP contribution >= 0.6 is 11.6 Å². The second-order valence-corrected chi connectivity index (χ2v) is 7.01. The fourth-order valence-corrected chi connectivity index (χ4v) is 3.46. The second kappa shape index (κ2) is 7.45. The molecule has 0 aliphatic carbocycles. The molecule has 1 saturated heterocycles. The highest BCUT2D eigenvalue weighted by Gasteiger charge is 2.30. The molecule has 0 atom stereocenters. The van der Waals surface area contributed by atoms with Gasteiger partial charge in [-0.05, 0) is 44.4 Å². The Hall–Kier alpha value is -2.41. The maximum Gasteiger partial charge on any atom is 0.258 e. The van der Waals surface area contributed by atoms with Crippen molar-refractivity contribution < 1.29 is 9.59 Å². The Morgan fingerprint density at radius 3 is 2.54 bits per heavy atom. The van der Waals surface area contributed by atoms with Crippen molar-refractivity contribution in [3.63, 3.8) is 0 Å². The average molecular weight is 376 g/mol. The van der Waals surface area contributed by atoms with Gasteiger partial charge in [0.1, 0.15) is 11.0 Å². The van der Waals surface area contributed by atoms with E-state index in [4.69, 9.17) is 11.6 Å². The molecule has 0 aromatic carbocycles. The van der Waals surface area contributed by atoms with Gasteiger partial charge in [-0.3, -0.25) is 14.3 Å². The van der Waals surface area contributed by atoms with E-state index in [9.17, 15) is 9.59 Å². The third kappa shape index (κ3) is 3.72. The summed E-state index contributed by atoms with van der Waals surface area (Å²) in [7, 11) is 1.71. The molecule has 3 rings (SSSR count). The van der Waals surface area contributed by atoms with Crippen molar-refractivity contribution in [1.82, 2.24) is 19.7 Å². The van der Waals surface area contributed by atoms with Crippen molar-refractivity contribution in [3.8, 4) is 0 Å². The molecule has 0 radical (unpaired) electrons. The number of likely N-dealkylation sites (tertiary alicyclic amines) is 1. The molecule has 2 amide bonds. The second-order valence-electron chi connectivity index (χ2n) is 6.65. The first-order chi connectivity index (χ1) is 12.4. The number of anilines is 1. The minimum Gasteiger partial charge on any atom is -0.338 e. The van der Waals surface area contributed by atoms with Gasteiger partial charge < -0.3 is 10.2 Å². The van der Waals surface area contributed by atoms with Gasteiger partial charge in [0.25, 0.3) is 5.91 Å². The predicted molar refractivity (Wildman–Crippen MR) is 99.2 cm³/mol. The zero-order valence-corrected chi connectivity index (χ0v) is 15.9. The Balaban J connectivity index is 1.60. The van der Waals surface area contributed by atoms with Crippen LogP contribution in [-0.2, 0) is 11.8 Å². The van der Waals surface area contributed by atoms with Crippen molar-refractivity contribution >= 4 is 29.2 Å². The van der Waals surface area contributed by atoms with E-state index >= 15 is 0 Å². The van der Waals surface area contributed by atoms with Crippen LogP contribution < -0.4 is 5.32 Å². The number of pyridine rings is 1. The van der Waals surface area contributed by atoms with Crippen LogP contribution in [0.25, 0.3) is 0 Å². The fraction of sp³-hybridized carbons (Fsp3) is 0.444. The molecule has 1 aliphatic heterocycles. The van der Waals surface area contributed by atoms with Gasteiger partial charge in [0, 0.05) is 32.3 Å². The highest BCUT2D eigenvalue weighted by molar-refractivity contribution is 6.33. The maximum absolute atomic E-state index is 12.7.